The molecule has 0 amide bonds. The molecule has 0 aliphatic heterocycles. The Morgan fingerprint density at radius 1 is 1.07 bits per heavy atom. The zero-order valence-corrected chi connectivity index (χ0v) is 16.6. The molecular formula is C23H26N2O2. The summed E-state index contributed by atoms with van der Waals surface area (Å²) in [6, 6.07) is 15.4. The number of hydrogen-bond acceptors (Lipinski definition) is 3. The van der Waals surface area contributed by atoms with Gasteiger partial charge in [0.15, 0.2) is 11.6 Å². The molecule has 3 rings (SSSR count). The summed E-state index contributed by atoms with van der Waals surface area (Å²) < 4.78 is 2.08. The second-order valence-corrected chi connectivity index (χ2v) is 6.27. The Morgan fingerprint density at radius 2 is 1.70 bits per heavy atom. The van der Waals surface area contributed by atoms with E-state index in [4.69, 9.17) is 0 Å². The van der Waals surface area contributed by atoms with Crippen LogP contribution >= 0.6 is 0 Å². The van der Waals surface area contributed by atoms with Gasteiger partial charge in [-0.3, -0.25) is 14.6 Å². The number of ketones is 2. The van der Waals surface area contributed by atoms with Crippen molar-refractivity contribution in [3.63, 3.8) is 0 Å². The highest BCUT2D eigenvalue weighted by Crippen LogP contribution is 2.25. The van der Waals surface area contributed by atoms with E-state index in [0.717, 1.165) is 27.8 Å². The monoisotopic (exact) mass is 362 g/mol. The molecule has 3 aromatic rings. The van der Waals surface area contributed by atoms with E-state index in [1.165, 1.54) is 0 Å². The Labute approximate surface area is 160 Å². The van der Waals surface area contributed by atoms with Crippen molar-refractivity contribution in [1.82, 2.24) is 4.57 Å². The van der Waals surface area contributed by atoms with Crippen LogP contribution in [0.4, 0.5) is 5.69 Å². The minimum absolute atomic E-state index is 0.0520. The first-order valence-electron chi connectivity index (χ1n) is 9.08. The number of carbonyl (C=O) groups is 2. The van der Waals surface area contributed by atoms with Crippen molar-refractivity contribution in [3.8, 4) is 0 Å². The van der Waals surface area contributed by atoms with Gasteiger partial charge in [0, 0.05) is 47.4 Å². The van der Waals surface area contributed by atoms with E-state index in [2.05, 4.69) is 15.6 Å². The summed E-state index contributed by atoms with van der Waals surface area (Å²) in [4.78, 5) is 27.0. The Balaban J connectivity index is 0.000000199. The second-order valence-electron chi connectivity index (χ2n) is 6.27. The average Bonchev–Trinajstić information content (AvgIpc) is 2.93. The van der Waals surface area contributed by atoms with Gasteiger partial charge in [-0.25, -0.2) is 0 Å². The number of aliphatic imine (C=N–C) groups is 1. The smallest absolute Gasteiger partial charge is 0.165 e. The lowest BCUT2D eigenvalue weighted by atomic mass is 10.1. The summed E-state index contributed by atoms with van der Waals surface area (Å²) in [5.74, 6) is 0.278. The first-order valence-corrected chi connectivity index (χ1v) is 9.08. The predicted molar refractivity (Wildman–Crippen MR) is 113 cm³/mol. The summed E-state index contributed by atoms with van der Waals surface area (Å²) in [6.45, 7) is 7.29. The SMILES string of the molecule is CC=Nc1ccccc1C(C)=O.CCC(=O)c1c(C)n(C)c2ccccc12. The number of fused-ring (bicyclic) bond motifs is 1. The van der Waals surface area contributed by atoms with Crippen molar-refractivity contribution in [2.24, 2.45) is 12.0 Å². The number of nitrogens with zero attached hydrogens (tertiary/aromatic N) is 2. The van der Waals surface area contributed by atoms with Crippen LogP contribution in [0.2, 0.25) is 0 Å². The fourth-order valence-electron chi connectivity index (χ4n) is 3.07. The number of hydrogen-bond donors (Lipinski definition) is 0. The highest BCUT2D eigenvalue weighted by molar-refractivity contribution is 6.09. The lowest BCUT2D eigenvalue weighted by molar-refractivity contribution is 0.0986. The molecule has 0 unspecified atom stereocenters. The number of carbonyl (C=O) groups excluding carboxylic acids is 2. The van der Waals surface area contributed by atoms with Crippen LogP contribution in [0.15, 0.2) is 53.5 Å². The van der Waals surface area contributed by atoms with E-state index < -0.39 is 0 Å². The molecule has 140 valence electrons. The van der Waals surface area contributed by atoms with E-state index in [9.17, 15) is 9.59 Å². The van der Waals surface area contributed by atoms with E-state index in [-0.39, 0.29) is 11.6 Å². The summed E-state index contributed by atoms with van der Waals surface area (Å²) in [7, 11) is 2.00. The van der Waals surface area contributed by atoms with E-state index >= 15 is 0 Å². The van der Waals surface area contributed by atoms with Gasteiger partial charge >= 0.3 is 0 Å². The Kier molecular flexibility index (Phi) is 6.83. The maximum absolute atomic E-state index is 11.8. The Hall–Kier alpha value is -3.01. The van der Waals surface area contributed by atoms with Crippen molar-refractivity contribution < 1.29 is 9.59 Å². The zero-order chi connectivity index (χ0) is 20.0. The van der Waals surface area contributed by atoms with E-state index in [0.29, 0.717) is 12.0 Å². The Morgan fingerprint density at radius 3 is 2.33 bits per heavy atom. The third-order valence-corrected chi connectivity index (χ3v) is 4.55. The standard InChI is InChI=1S/C13H15NO.C10H11NO/c1-4-12(15)13-9(2)14(3)11-8-6-5-7-10(11)13;1-3-11-10-7-5-4-6-9(10)8(2)12/h5-8H,4H2,1-3H3;3-7H,1-2H3. The average molecular weight is 362 g/mol. The number of para-hydroxylation sites is 2. The highest BCUT2D eigenvalue weighted by atomic mass is 16.1. The molecule has 0 N–H and O–H groups in total. The molecule has 0 aliphatic rings. The van der Waals surface area contributed by atoms with Crippen LogP contribution in [0.1, 0.15) is 53.6 Å². The van der Waals surface area contributed by atoms with Gasteiger partial charge in [0.05, 0.1) is 5.69 Å². The molecule has 0 radical (unpaired) electrons. The van der Waals surface area contributed by atoms with Gasteiger partial charge in [0.25, 0.3) is 0 Å². The van der Waals surface area contributed by atoms with Crippen molar-refractivity contribution in [2.75, 3.05) is 0 Å². The second kappa shape index (κ2) is 9.08. The fraction of sp³-hybridized carbons (Fsp3) is 0.261. The lowest BCUT2D eigenvalue weighted by Crippen LogP contribution is -1.99. The van der Waals surface area contributed by atoms with Crippen molar-refractivity contribution in [1.29, 1.82) is 0 Å². The molecule has 0 saturated carbocycles. The molecule has 4 heteroatoms. The van der Waals surface area contributed by atoms with Gasteiger partial charge in [-0.05, 0) is 39.0 Å². The number of aryl methyl sites for hydroxylation is 1. The number of aromatic nitrogens is 1. The molecule has 2 aromatic carbocycles. The summed E-state index contributed by atoms with van der Waals surface area (Å²) in [6.07, 6.45) is 2.25. The van der Waals surface area contributed by atoms with Gasteiger partial charge in [-0.15, -0.1) is 0 Å². The van der Waals surface area contributed by atoms with Crippen molar-refractivity contribution in [2.45, 2.75) is 34.1 Å². The normalized spacial score (nSPS) is 10.7. The van der Waals surface area contributed by atoms with Gasteiger partial charge in [0.1, 0.15) is 0 Å². The topological polar surface area (TPSA) is 51.4 Å². The van der Waals surface area contributed by atoms with E-state index in [1.807, 2.05) is 64.2 Å². The molecule has 0 aliphatic carbocycles. The van der Waals surface area contributed by atoms with Crippen molar-refractivity contribution in [3.05, 3.63) is 65.4 Å². The lowest BCUT2D eigenvalue weighted by Gasteiger charge is -1.99. The minimum Gasteiger partial charge on any atom is -0.347 e. The molecule has 0 spiro atoms. The number of rotatable bonds is 4. The van der Waals surface area contributed by atoms with Crippen LogP contribution in [-0.2, 0) is 7.05 Å². The number of Topliss-reactive ketones (excluding diaryl/α,β-unsaturated/α-hetero) is 2. The number of benzene rings is 2. The Bertz CT molecular complexity index is 997. The summed E-state index contributed by atoms with van der Waals surface area (Å²) >= 11 is 0. The first kappa shape index (κ1) is 20.3. The van der Waals surface area contributed by atoms with Crippen LogP contribution in [-0.4, -0.2) is 22.3 Å². The van der Waals surface area contributed by atoms with Crippen molar-refractivity contribution >= 4 is 34.4 Å². The molecule has 0 saturated heterocycles. The maximum Gasteiger partial charge on any atom is 0.165 e. The van der Waals surface area contributed by atoms with Gasteiger partial charge < -0.3 is 4.57 Å². The van der Waals surface area contributed by atoms with Gasteiger partial charge in [-0.1, -0.05) is 37.3 Å². The maximum atomic E-state index is 11.8. The molecular weight excluding hydrogens is 336 g/mol. The van der Waals surface area contributed by atoms with Gasteiger partial charge in [-0.2, -0.15) is 0 Å². The first-order chi connectivity index (χ1) is 12.9. The molecule has 0 fully saturated rings. The molecule has 4 nitrogen and oxygen atoms in total. The van der Waals surface area contributed by atoms with E-state index in [1.54, 1.807) is 19.2 Å². The zero-order valence-electron chi connectivity index (χ0n) is 16.6. The molecule has 27 heavy (non-hydrogen) atoms. The summed E-state index contributed by atoms with van der Waals surface area (Å²) in [5.41, 5.74) is 4.49. The molecule has 0 atom stereocenters. The van der Waals surface area contributed by atoms with Crippen LogP contribution in [0.3, 0.4) is 0 Å². The quantitative estimate of drug-likeness (QED) is 0.442. The molecule has 1 heterocycles. The largest absolute Gasteiger partial charge is 0.347 e. The molecule has 0 bridgehead atoms. The highest BCUT2D eigenvalue weighted by Gasteiger charge is 2.16. The van der Waals surface area contributed by atoms with Crippen LogP contribution in [0, 0.1) is 6.92 Å². The van der Waals surface area contributed by atoms with Crippen LogP contribution < -0.4 is 0 Å². The minimum atomic E-state index is 0.0520. The third kappa shape index (κ3) is 4.40. The molecule has 1 aromatic heterocycles. The van der Waals surface area contributed by atoms with Crippen LogP contribution in [0.5, 0.6) is 0 Å². The fourth-order valence-corrected chi connectivity index (χ4v) is 3.07. The predicted octanol–water partition coefficient (Wildman–Crippen LogP) is 5.69. The van der Waals surface area contributed by atoms with Gasteiger partial charge in [0.2, 0.25) is 0 Å². The third-order valence-electron chi connectivity index (χ3n) is 4.55. The summed E-state index contributed by atoms with van der Waals surface area (Å²) in [5, 5.41) is 1.07. The van der Waals surface area contributed by atoms with Crippen LogP contribution in [0.25, 0.3) is 10.9 Å².